The predicted molar refractivity (Wildman–Crippen MR) is 105 cm³/mol. The minimum Gasteiger partial charge on any atom is -0.265 e. The Balaban J connectivity index is 1.47. The second-order valence-corrected chi connectivity index (χ2v) is 8.82. The monoisotopic (exact) mass is 353 g/mol. The topological polar surface area (TPSA) is 43.1 Å². The molecule has 0 aromatic heterocycles. The molecule has 3 nitrogen and oxygen atoms in total. The number of hydrogen-bond donors (Lipinski definition) is 0. The Morgan fingerprint density at radius 3 is 2.85 bits per heavy atom. The third-order valence-corrected chi connectivity index (χ3v) is 7.49. The summed E-state index contributed by atoms with van der Waals surface area (Å²) in [7, 11) is 0. The van der Waals surface area contributed by atoms with Crippen LogP contribution in [0.25, 0.3) is 0 Å². The first-order chi connectivity index (χ1) is 12.6. The molecular weight excluding hydrogens is 322 g/mol. The standard InChI is InChI=1S/C23H31NO2/c1-23-20-13-10-17(7-4-2-3-5-16-24(25)26)21(23)15-12-19-9-6-8-18(11-14-20)22(19)23/h6,8-10,13,18,20,22H,2-5,7,11-12,14-16H2,1H3. The molecule has 140 valence electrons. The van der Waals surface area contributed by atoms with Gasteiger partial charge in [0.05, 0.1) is 0 Å². The van der Waals surface area contributed by atoms with Gasteiger partial charge in [0.2, 0.25) is 6.54 Å². The van der Waals surface area contributed by atoms with Gasteiger partial charge in [0, 0.05) is 16.8 Å². The molecular formula is C23H31NO2. The lowest BCUT2D eigenvalue weighted by atomic mass is 9.46. The van der Waals surface area contributed by atoms with Crippen LogP contribution in [-0.2, 0) is 0 Å². The molecule has 2 fully saturated rings. The average molecular weight is 354 g/mol. The van der Waals surface area contributed by atoms with Crippen molar-refractivity contribution in [1.29, 1.82) is 0 Å². The summed E-state index contributed by atoms with van der Waals surface area (Å²) in [5.41, 5.74) is 5.36. The third kappa shape index (κ3) is 3.00. The highest BCUT2D eigenvalue weighted by Gasteiger charge is 2.53. The molecule has 0 radical (unpaired) electrons. The molecule has 4 rings (SSSR count). The number of nitro groups is 1. The number of rotatable bonds is 7. The van der Waals surface area contributed by atoms with Crippen molar-refractivity contribution in [2.75, 3.05) is 6.54 Å². The number of nitrogens with zero attached hydrogens (tertiary/aromatic N) is 1. The fourth-order valence-electron chi connectivity index (χ4n) is 6.28. The van der Waals surface area contributed by atoms with Crippen LogP contribution < -0.4 is 0 Å². The summed E-state index contributed by atoms with van der Waals surface area (Å²) in [5.74, 6) is 2.16. The Morgan fingerprint density at radius 2 is 2.00 bits per heavy atom. The van der Waals surface area contributed by atoms with E-state index < -0.39 is 0 Å². The van der Waals surface area contributed by atoms with Crippen molar-refractivity contribution in [2.45, 2.75) is 64.7 Å². The lowest BCUT2D eigenvalue weighted by Crippen LogP contribution is -2.49. The molecule has 0 spiro atoms. The number of unbranched alkanes of at least 4 members (excludes halogenated alkanes) is 3. The molecule has 4 aliphatic rings. The zero-order valence-corrected chi connectivity index (χ0v) is 16.0. The van der Waals surface area contributed by atoms with Gasteiger partial charge in [0.1, 0.15) is 0 Å². The molecule has 0 aromatic rings. The van der Waals surface area contributed by atoms with E-state index in [4.69, 9.17) is 0 Å². The molecule has 0 saturated heterocycles. The van der Waals surface area contributed by atoms with E-state index in [1.54, 1.807) is 16.7 Å². The fourth-order valence-corrected chi connectivity index (χ4v) is 6.28. The smallest absolute Gasteiger partial charge is 0.203 e. The lowest BCUT2D eigenvalue weighted by Gasteiger charge is -2.57. The van der Waals surface area contributed by atoms with Crippen molar-refractivity contribution in [3.05, 3.63) is 57.2 Å². The van der Waals surface area contributed by atoms with Crippen LogP contribution in [0, 0.1) is 33.3 Å². The van der Waals surface area contributed by atoms with E-state index in [9.17, 15) is 10.1 Å². The predicted octanol–water partition coefficient (Wildman–Crippen LogP) is 6.02. The molecule has 3 heteroatoms. The van der Waals surface area contributed by atoms with Crippen LogP contribution in [0.4, 0.5) is 0 Å². The third-order valence-electron chi connectivity index (χ3n) is 7.49. The average Bonchev–Trinajstić information content (AvgIpc) is 2.62. The van der Waals surface area contributed by atoms with Crippen molar-refractivity contribution in [3.63, 3.8) is 0 Å². The number of allylic oxidation sites excluding steroid dienone is 8. The molecule has 0 aromatic carbocycles. The quantitative estimate of drug-likeness (QED) is 0.319. The van der Waals surface area contributed by atoms with Crippen molar-refractivity contribution in [3.8, 4) is 0 Å². The highest BCUT2D eigenvalue weighted by Crippen LogP contribution is 2.63. The van der Waals surface area contributed by atoms with E-state index in [1.165, 1.54) is 32.1 Å². The van der Waals surface area contributed by atoms with E-state index in [2.05, 4.69) is 37.3 Å². The van der Waals surface area contributed by atoms with Crippen LogP contribution >= 0.6 is 0 Å². The molecule has 4 unspecified atom stereocenters. The van der Waals surface area contributed by atoms with Gasteiger partial charge >= 0.3 is 0 Å². The fraction of sp³-hybridized carbons (Fsp3) is 0.652. The van der Waals surface area contributed by atoms with Crippen LogP contribution in [0.15, 0.2) is 47.1 Å². The Labute approximate surface area is 157 Å². The van der Waals surface area contributed by atoms with Crippen LogP contribution in [0.3, 0.4) is 0 Å². The highest BCUT2D eigenvalue weighted by atomic mass is 16.6. The lowest BCUT2D eigenvalue weighted by molar-refractivity contribution is -0.480. The van der Waals surface area contributed by atoms with Crippen LogP contribution in [-0.4, -0.2) is 11.5 Å². The van der Waals surface area contributed by atoms with E-state index in [1.807, 2.05) is 0 Å². The summed E-state index contributed by atoms with van der Waals surface area (Å²) in [5, 5.41) is 10.4. The molecule has 0 aliphatic heterocycles. The number of hydrogen-bond acceptors (Lipinski definition) is 2. The minimum atomic E-state index is -0.194. The summed E-state index contributed by atoms with van der Waals surface area (Å²) in [4.78, 5) is 10.2. The second-order valence-electron chi connectivity index (χ2n) is 8.82. The maximum atomic E-state index is 10.4. The van der Waals surface area contributed by atoms with Gasteiger partial charge in [-0.1, -0.05) is 54.9 Å². The Bertz CT molecular complexity index is 699. The summed E-state index contributed by atoms with van der Waals surface area (Å²) < 4.78 is 0. The maximum absolute atomic E-state index is 10.4. The largest absolute Gasteiger partial charge is 0.265 e. The highest BCUT2D eigenvalue weighted by molar-refractivity contribution is 5.45. The van der Waals surface area contributed by atoms with E-state index in [0.717, 1.165) is 37.5 Å². The van der Waals surface area contributed by atoms with Gasteiger partial charge in [-0.25, -0.2) is 0 Å². The Morgan fingerprint density at radius 1 is 1.15 bits per heavy atom. The van der Waals surface area contributed by atoms with Gasteiger partial charge in [-0.2, -0.15) is 0 Å². The molecule has 2 saturated carbocycles. The van der Waals surface area contributed by atoms with E-state index >= 15 is 0 Å². The van der Waals surface area contributed by atoms with Crippen molar-refractivity contribution in [2.24, 2.45) is 23.2 Å². The molecule has 0 heterocycles. The first-order valence-electron chi connectivity index (χ1n) is 10.5. The summed E-state index contributed by atoms with van der Waals surface area (Å²) in [6.45, 7) is 2.68. The molecule has 0 bridgehead atoms. The first kappa shape index (κ1) is 17.8. The van der Waals surface area contributed by atoms with Gasteiger partial charge in [0.25, 0.3) is 0 Å². The summed E-state index contributed by atoms with van der Waals surface area (Å²) in [6.07, 6.45) is 22.4. The second kappa shape index (κ2) is 7.17. The van der Waals surface area contributed by atoms with Gasteiger partial charge in [-0.05, 0) is 68.3 Å². The zero-order valence-electron chi connectivity index (χ0n) is 16.0. The van der Waals surface area contributed by atoms with Crippen LogP contribution in [0.2, 0.25) is 0 Å². The normalized spacial score (nSPS) is 34.5. The minimum absolute atomic E-state index is 0.124. The molecule has 26 heavy (non-hydrogen) atoms. The van der Waals surface area contributed by atoms with Gasteiger partial charge in [-0.3, -0.25) is 10.1 Å². The van der Waals surface area contributed by atoms with E-state index in [0.29, 0.717) is 11.3 Å². The Kier molecular flexibility index (Phi) is 4.90. The summed E-state index contributed by atoms with van der Waals surface area (Å²) >= 11 is 0. The van der Waals surface area contributed by atoms with Crippen molar-refractivity contribution >= 4 is 0 Å². The molecule has 4 aliphatic carbocycles. The van der Waals surface area contributed by atoms with E-state index in [-0.39, 0.29) is 11.5 Å². The van der Waals surface area contributed by atoms with Crippen molar-refractivity contribution < 1.29 is 4.92 Å². The van der Waals surface area contributed by atoms with Gasteiger partial charge < -0.3 is 0 Å². The summed E-state index contributed by atoms with van der Waals surface area (Å²) in [6, 6.07) is 0. The molecule has 0 N–H and O–H groups in total. The van der Waals surface area contributed by atoms with Gasteiger partial charge in [0.15, 0.2) is 0 Å². The van der Waals surface area contributed by atoms with Crippen LogP contribution in [0.5, 0.6) is 0 Å². The van der Waals surface area contributed by atoms with Crippen molar-refractivity contribution in [1.82, 2.24) is 0 Å². The van der Waals surface area contributed by atoms with Crippen LogP contribution in [0.1, 0.15) is 64.7 Å². The first-order valence-corrected chi connectivity index (χ1v) is 10.5. The Hall–Kier alpha value is -1.64. The molecule has 0 amide bonds. The molecule has 4 atom stereocenters. The maximum Gasteiger partial charge on any atom is 0.203 e. The van der Waals surface area contributed by atoms with Gasteiger partial charge in [-0.15, -0.1) is 0 Å². The SMILES string of the molecule is CC12C3=C(CCCCCC[N+](=O)[O-])C=CC1CCC1C=CC=C(CC3)C12. The zero-order chi connectivity index (χ0) is 18.1.